The van der Waals surface area contributed by atoms with Crippen LogP contribution in [0.4, 0.5) is 13.2 Å². The van der Waals surface area contributed by atoms with E-state index in [0.29, 0.717) is 17.0 Å². The predicted octanol–water partition coefficient (Wildman–Crippen LogP) is 3.94. The SMILES string of the molecule is CCc1nccn1Cc1c(Cl)ccc2c1C=C(C(=O)O)C(C(F)(F)F)O2. The number of ether oxygens (including phenoxy) is 1. The van der Waals surface area contributed by atoms with Gasteiger partial charge in [0.15, 0.2) is 0 Å². The van der Waals surface area contributed by atoms with Crippen molar-refractivity contribution in [2.24, 2.45) is 0 Å². The van der Waals surface area contributed by atoms with Gasteiger partial charge in [-0.15, -0.1) is 0 Å². The van der Waals surface area contributed by atoms with Gasteiger partial charge >= 0.3 is 12.1 Å². The van der Waals surface area contributed by atoms with Crippen LogP contribution in [-0.2, 0) is 17.8 Å². The number of rotatable bonds is 4. The van der Waals surface area contributed by atoms with Gasteiger partial charge in [-0.1, -0.05) is 18.5 Å². The number of imidazole rings is 1. The fourth-order valence-electron chi connectivity index (χ4n) is 2.85. The smallest absolute Gasteiger partial charge is 0.430 e. The Hall–Kier alpha value is -2.48. The Morgan fingerprint density at radius 3 is 2.77 bits per heavy atom. The third-order valence-corrected chi connectivity index (χ3v) is 4.43. The van der Waals surface area contributed by atoms with Crippen molar-refractivity contribution >= 4 is 23.6 Å². The standard InChI is InChI=1S/C17H14ClF3N2O3/c1-2-14-22-5-6-23(14)8-11-9-7-10(16(24)25)15(17(19,20)21)26-13(9)4-3-12(11)18/h3-7,15H,2,8H2,1H3,(H,24,25). The van der Waals surface area contributed by atoms with Crippen LogP contribution in [-0.4, -0.2) is 32.9 Å². The van der Waals surface area contributed by atoms with Gasteiger partial charge in [0, 0.05) is 35.0 Å². The van der Waals surface area contributed by atoms with Crippen LogP contribution in [0.3, 0.4) is 0 Å². The largest absolute Gasteiger partial charge is 0.478 e. The summed E-state index contributed by atoms with van der Waals surface area (Å²) in [7, 11) is 0. The van der Waals surface area contributed by atoms with Crippen molar-refractivity contribution in [2.45, 2.75) is 32.2 Å². The zero-order chi connectivity index (χ0) is 19.1. The topological polar surface area (TPSA) is 64.4 Å². The quantitative estimate of drug-likeness (QED) is 0.864. The molecule has 1 aromatic heterocycles. The number of aryl methyl sites for hydroxylation is 1. The fourth-order valence-corrected chi connectivity index (χ4v) is 3.07. The molecule has 0 fully saturated rings. The highest BCUT2D eigenvalue weighted by atomic mass is 35.5. The summed E-state index contributed by atoms with van der Waals surface area (Å²) in [4.78, 5) is 15.5. The molecule has 1 unspecified atom stereocenters. The number of carboxylic acids is 1. The number of carbonyl (C=O) groups is 1. The average Bonchev–Trinajstić information content (AvgIpc) is 3.02. The molecule has 0 aliphatic carbocycles. The molecule has 0 saturated heterocycles. The number of aliphatic carboxylic acids is 1. The molecule has 1 aromatic carbocycles. The summed E-state index contributed by atoms with van der Waals surface area (Å²) in [5.41, 5.74) is -0.183. The van der Waals surface area contributed by atoms with Crippen LogP contribution in [0.15, 0.2) is 30.1 Å². The molecule has 0 bridgehead atoms. The van der Waals surface area contributed by atoms with E-state index in [4.69, 9.17) is 16.3 Å². The predicted molar refractivity (Wildman–Crippen MR) is 88.2 cm³/mol. The van der Waals surface area contributed by atoms with Crippen LogP contribution < -0.4 is 4.74 Å². The number of nitrogens with zero attached hydrogens (tertiary/aromatic N) is 2. The molecule has 2 aromatic rings. The van der Waals surface area contributed by atoms with Gasteiger partial charge in [0.25, 0.3) is 0 Å². The van der Waals surface area contributed by atoms with Gasteiger partial charge in [0.1, 0.15) is 11.6 Å². The summed E-state index contributed by atoms with van der Waals surface area (Å²) in [6.07, 6.45) is -2.40. The van der Waals surface area contributed by atoms with Gasteiger partial charge < -0.3 is 14.4 Å². The van der Waals surface area contributed by atoms with E-state index in [1.54, 1.807) is 17.0 Å². The summed E-state index contributed by atoms with van der Waals surface area (Å²) in [5.74, 6) is -0.985. The second-order valence-corrected chi connectivity index (χ2v) is 6.11. The van der Waals surface area contributed by atoms with Gasteiger partial charge in [-0.25, -0.2) is 9.78 Å². The third-order valence-electron chi connectivity index (χ3n) is 4.08. The maximum absolute atomic E-state index is 13.2. The molecule has 138 valence electrons. The Morgan fingerprint density at radius 1 is 1.42 bits per heavy atom. The molecule has 0 saturated carbocycles. The van der Waals surface area contributed by atoms with Crippen molar-refractivity contribution in [1.82, 2.24) is 9.55 Å². The molecule has 1 aliphatic rings. The second kappa shape index (κ2) is 6.68. The first kappa shape index (κ1) is 18.3. The lowest BCUT2D eigenvalue weighted by molar-refractivity contribution is -0.187. The van der Waals surface area contributed by atoms with Crippen LogP contribution in [0, 0.1) is 0 Å². The van der Waals surface area contributed by atoms with Crippen molar-refractivity contribution in [1.29, 1.82) is 0 Å². The van der Waals surface area contributed by atoms with E-state index in [-0.39, 0.29) is 17.9 Å². The number of hydrogen-bond acceptors (Lipinski definition) is 3. The van der Waals surface area contributed by atoms with Gasteiger partial charge in [-0.2, -0.15) is 13.2 Å². The van der Waals surface area contributed by atoms with E-state index < -0.39 is 23.8 Å². The molecule has 9 heteroatoms. The Kier molecular flexibility index (Phi) is 4.70. The summed E-state index contributed by atoms with van der Waals surface area (Å²) < 4.78 is 46.3. The first-order valence-electron chi connectivity index (χ1n) is 7.72. The Bertz CT molecular complexity index is 890. The summed E-state index contributed by atoms with van der Waals surface area (Å²) in [5, 5.41) is 9.50. The van der Waals surface area contributed by atoms with Crippen LogP contribution in [0.25, 0.3) is 6.08 Å². The molecule has 3 rings (SSSR count). The van der Waals surface area contributed by atoms with E-state index in [2.05, 4.69) is 4.98 Å². The van der Waals surface area contributed by atoms with Gasteiger partial charge in [-0.05, 0) is 18.2 Å². The Labute approximate surface area is 151 Å². The van der Waals surface area contributed by atoms with Crippen molar-refractivity contribution in [2.75, 3.05) is 0 Å². The van der Waals surface area contributed by atoms with E-state index in [1.807, 2.05) is 6.92 Å². The minimum Gasteiger partial charge on any atom is -0.478 e. The minimum absolute atomic E-state index is 0.0603. The maximum Gasteiger partial charge on any atom is 0.430 e. The third kappa shape index (κ3) is 3.29. The zero-order valence-corrected chi connectivity index (χ0v) is 14.3. The summed E-state index contributed by atoms with van der Waals surface area (Å²) in [6, 6.07) is 2.75. The van der Waals surface area contributed by atoms with Gasteiger partial charge in [-0.3, -0.25) is 0 Å². The molecule has 2 heterocycles. The highest BCUT2D eigenvalue weighted by Gasteiger charge is 2.48. The van der Waals surface area contributed by atoms with Crippen molar-refractivity contribution in [3.05, 3.63) is 52.1 Å². The number of aromatic nitrogens is 2. The maximum atomic E-state index is 13.2. The van der Waals surface area contributed by atoms with Crippen molar-refractivity contribution in [3.8, 4) is 5.75 Å². The Balaban J connectivity index is 2.12. The first-order valence-corrected chi connectivity index (χ1v) is 8.09. The number of alkyl halides is 3. The van der Waals surface area contributed by atoms with E-state index in [0.717, 1.165) is 11.9 Å². The first-order chi connectivity index (χ1) is 12.2. The molecule has 5 nitrogen and oxygen atoms in total. The lowest BCUT2D eigenvalue weighted by Gasteiger charge is -2.28. The zero-order valence-electron chi connectivity index (χ0n) is 13.5. The highest BCUT2D eigenvalue weighted by molar-refractivity contribution is 6.31. The lowest BCUT2D eigenvalue weighted by atomic mass is 9.97. The van der Waals surface area contributed by atoms with E-state index in [9.17, 15) is 23.1 Å². The van der Waals surface area contributed by atoms with E-state index >= 15 is 0 Å². The van der Waals surface area contributed by atoms with Gasteiger partial charge in [0.2, 0.25) is 6.10 Å². The van der Waals surface area contributed by atoms with Crippen molar-refractivity contribution in [3.63, 3.8) is 0 Å². The molecule has 0 amide bonds. The van der Waals surface area contributed by atoms with Crippen LogP contribution >= 0.6 is 11.6 Å². The Morgan fingerprint density at radius 2 is 2.15 bits per heavy atom. The van der Waals surface area contributed by atoms with Crippen LogP contribution in [0.1, 0.15) is 23.9 Å². The molecular formula is C17H14ClF3N2O3. The second-order valence-electron chi connectivity index (χ2n) is 5.71. The number of benzene rings is 1. The fraction of sp³-hybridized carbons (Fsp3) is 0.294. The molecular weight excluding hydrogens is 373 g/mol. The van der Waals surface area contributed by atoms with Crippen LogP contribution in [0.5, 0.6) is 5.75 Å². The molecule has 1 N–H and O–H groups in total. The van der Waals surface area contributed by atoms with Crippen LogP contribution in [0.2, 0.25) is 5.02 Å². The molecule has 1 atom stereocenters. The monoisotopic (exact) mass is 386 g/mol. The average molecular weight is 387 g/mol. The summed E-state index contributed by atoms with van der Waals surface area (Å²) in [6.45, 7) is 2.15. The minimum atomic E-state index is -4.85. The molecule has 1 aliphatic heterocycles. The molecule has 0 spiro atoms. The number of halogens is 4. The number of carboxylic acid groups (broad SMARTS) is 1. The van der Waals surface area contributed by atoms with Crippen molar-refractivity contribution < 1.29 is 27.8 Å². The normalized spacial score (nSPS) is 16.7. The van der Waals surface area contributed by atoms with Gasteiger partial charge in [0.05, 0.1) is 12.1 Å². The van der Waals surface area contributed by atoms with E-state index in [1.165, 1.54) is 12.1 Å². The summed E-state index contributed by atoms with van der Waals surface area (Å²) >= 11 is 6.24. The lowest BCUT2D eigenvalue weighted by Crippen LogP contribution is -2.40. The molecule has 0 radical (unpaired) electrons. The molecule has 26 heavy (non-hydrogen) atoms. The number of fused-ring (bicyclic) bond motifs is 1. The highest BCUT2D eigenvalue weighted by Crippen LogP contribution is 2.40. The number of hydrogen-bond donors (Lipinski definition) is 1.